The van der Waals surface area contributed by atoms with Gasteiger partial charge in [0.2, 0.25) is 0 Å². The Bertz CT molecular complexity index is 810. The molecule has 0 aliphatic carbocycles. The van der Waals surface area contributed by atoms with Gasteiger partial charge in [-0.2, -0.15) is 5.10 Å². The lowest BCUT2D eigenvalue weighted by atomic mass is 10.1. The summed E-state index contributed by atoms with van der Waals surface area (Å²) in [6.45, 7) is 6.58. The van der Waals surface area contributed by atoms with Crippen LogP contribution in [0.5, 0.6) is 0 Å². The zero-order valence-electron chi connectivity index (χ0n) is 15.9. The van der Waals surface area contributed by atoms with E-state index in [1.54, 1.807) is 4.90 Å². The lowest BCUT2D eigenvalue weighted by Gasteiger charge is -2.26. The number of hydrogen-bond acceptors (Lipinski definition) is 5. The van der Waals surface area contributed by atoms with Crippen LogP contribution in [0.3, 0.4) is 0 Å². The van der Waals surface area contributed by atoms with Crippen LogP contribution in [-0.2, 0) is 6.54 Å². The predicted octanol–water partition coefficient (Wildman–Crippen LogP) is 1.74. The molecule has 0 unspecified atom stereocenters. The van der Waals surface area contributed by atoms with E-state index < -0.39 is 0 Å². The van der Waals surface area contributed by atoms with Crippen molar-refractivity contribution in [3.63, 3.8) is 0 Å². The molecular weight excluding hydrogens is 344 g/mol. The molecule has 0 bridgehead atoms. The fourth-order valence-corrected chi connectivity index (χ4v) is 3.32. The van der Waals surface area contributed by atoms with E-state index >= 15 is 0 Å². The van der Waals surface area contributed by atoms with Crippen molar-refractivity contribution in [1.29, 1.82) is 0 Å². The van der Waals surface area contributed by atoms with Gasteiger partial charge in [-0.1, -0.05) is 0 Å². The van der Waals surface area contributed by atoms with E-state index in [-0.39, 0.29) is 23.2 Å². The normalized spacial score (nSPS) is 14.2. The Morgan fingerprint density at radius 1 is 1.07 bits per heavy atom. The summed E-state index contributed by atoms with van der Waals surface area (Å²) in [5, 5.41) is 7.25. The number of hydrogen-bond donors (Lipinski definition) is 1. The maximum absolute atomic E-state index is 12.7. The highest BCUT2D eigenvalue weighted by atomic mass is 16.2. The van der Waals surface area contributed by atoms with E-state index in [0.717, 1.165) is 43.6 Å². The molecule has 0 atom stereocenters. The van der Waals surface area contributed by atoms with Gasteiger partial charge in [-0.15, -0.1) is 0 Å². The second-order valence-corrected chi connectivity index (χ2v) is 6.87. The van der Waals surface area contributed by atoms with Gasteiger partial charge in [0.25, 0.3) is 11.8 Å². The van der Waals surface area contributed by atoms with E-state index in [9.17, 15) is 9.59 Å². The molecule has 0 spiro atoms. The maximum atomic E-state index is 12.7. The van der Waals surface area contributed by atoms with Crippen molar-refractivity contribution in [2.24, 2.45) is 0 Å². The molecule has 1 fully saturated rings. The fraction of sp³-hybridized carbons (Fsp3) is 0.526. The standard InChI is InChI=1S/C19H26N6O2/c1-14-13-15(2)25(23-14)12-6-7-22-18(26)16-17(21-9-8-20-16)19(27)24-10-4-3-5-11-24/h8-9,13H,3-7,10-12H2,1-2H3,(H,22,26). The molecule has 8 heteroatoms. The number of carbonyl (C=O) groups excluding carboxylic acids is 2. The van der Waals surface area contributed by atoms with Crippen LogP contribution in [-0.4, -0.2) is 56.1 Å². The van der Waals surface area contributed by atoms with Gasteiger partial charge in [-0.3, -0.25) is 14.3 Å². The van der Waals surface area contributed by atoms with Crippen molar-refractivity contribution in [3.8, 4) is 0 Å². The number of piperidine rings is 1. The van der Waals surface area contributed by atoms with Crippen LogP contribution in [0.1, 0.15) is 58.0 Å². The van der Waals surface area contributed by atoms with Gasteiger partial charge >= 0.3 is 0 Å². The molecule has 0 saturated carbocycles. The lowest BCUT2D eigenvalue weighted by Crippen LogP contribution is -2.38. The average molecular weight is 370 g/mol. The van der Waals surface area contributed by atoms with Crippen LogP contribution < -0.4 is 5.32 Å². The Morgan fingerprint density at radius 3 is 2.44 bits per heavy atom. The first-order valence-electron chi connectivity index (χ1n) is 9.46. The number of carbonyl (C=O) groups is 2. The first-order chi connectivity index (χ1) is 13.1. The van der Waals surface area contributed by atoms with Crippen LogP contribution in [0.2, 0.25) is 0 Å². The Hall–Kier alpha value is -2.77. The maximum Gasteiger partial charge on any atom is 0.274 e. The monoisotopic (exact) mass is 370 g/mol. The van der Waals surface area contributed by atoms with Gasteiger partial charge in [0, 0.05) is 44.3 Å². The summed E-state index contributed by atoms with van der Waals surface area (Å²) in [5.41, 5.74) is 2.31. The smallest absolute Gasteiger partial charge is 0.274 e. The van der Waals surface area contributed by atoms with E-state index in [2.05, 4.69) is 20.4 Å². The summed E-state index contributed by atoms with van der Waals surface area (Å²) in [6.07, 6.45) is 6.74. The third-order valence-corrected chi connectivity index (χ3v) is 4.69. The number of aromatic nitrogens is 4. The van der Waals surface area contributed by atoms with Gasteiger partial charge in [-0.05, 0) is 45.6 Å². The van der Waals surface area contributed by atoms with E-state index in [0.29, 0.717) is 19.6 Å². The van der Waals surface area contributed by atoms with Crippen LogP contribution >= 0.6 is 0 Å². The van der Waals surface area contributed by atoms with Crippen LogP contribution in [0.4, 0.5) is 0 Å². The SMILES string of the molecule is Cc1cc(C)n(CCCNC(=O)c2nccnc2C(=O)N2CCCCC2)n1. The number of likely N-dealkylation sites (tertiary alicyclic amines) is 1. The molecule has 1 aliphatic rings. The number of nitrogens with zero attached hydrogens (tertiary/aromatic N) is 5. The van der Waals surface area contributed by atoms with Crippen molar-refractivity contribution in [3.05, 3.63) is 41.2 Å². The highest BCUT2D eigenvalue weighted by Crippen LogP contribution is 2.13. The summed E-state index contributed by atoms with van der Waals surface area (Å²) >= 11 is 0. The molecular formula is C19H26N6O2. The van der Waals surface area contributed by atoms with E-state index in [1.807, 2.05) is 24.6 Å². The highest BCUT2D eigenvalue weighted by molar-refractivity contribution is 6.04. The Balaban J connectivity index is 1.58. The summed E-state index contributed by atoms with van der Waals surface area (Å²) in [4.78, 5) is 35.2. The van der Waals surface area contributed by atoms with Crippen molar-refractivity contribution in [1.82, 2.24) is 30.0 Å². The molecule has 2 aromatic heterocycles. The number of amides is 2. The molecule has 2 amide bonds. The lowest BCUT2D eigenvalue weighted by molar-refractivity contribution is 0.0711. The quantitative estimate of drug-likeness (QED) is 0.782. The van der Waals surface area contributed by atoms with Gasteiger partial charge in [0.15, 0.2) is 11.4 Å². The largest absolute Gasteiger partial charge is 0.351 e. The Kier molecular flexibility index (Phi) is 6.16. The van der Waals surface area contributed by atoms with Crippen LogP contribution in [0.15, 0.2) is 18.5 Å². The number of rotatable bonds is 6. The van der Waals surface area contributed by atoms with E-state index in [1.165, 1.54) is 12.4 Å². The highest BCUT2D eigenvalue weighted by Gasteiger charge is 2.25. The number of aryl methyl sites for hydroxylation is 3. The third-order valence-electron chi connectivity index (χ3n) is 4.69. The molecule has 27 heavy (non-hydrogen) atoms. The molecule has 2 aromatic rings. The molecule has 1 saturated heterocycles. The number of nitrogens with one attached hydrogen (secondary N) is 1. The van der Waals surface area contributed by atoms with Crippen molar-refractivity contribution in [2.45, 2.75) is 46.1 Å². The van der Waals surface area contributed by atoms with E-state index in [4.69, 9.17) is 0 Å². The molecule has 3 heterocycles. The first-order valence-corrected chi connectivity index (χ1v) is 9.46. The second kappa shape index (κ2) is 8.75. The Labute approximate surface area is 159 Å². The summed E-state index contributed by atoms with van der Waals surface area (Å²) < 4.78 is 1.93. The summed E-state index contributed by atoms with van der Waals surface area (Å²) in [5.74, 6) is -0.576. The molecule has 144 valence electrons. The topological polar surface area (TPSA) is 93.0 Å². The first kappa shape index (κ1) is 19.0. The fourth-order valence-electron chi connectivity index (χ4n) is 3.32. The third kappa shape index (κ3) is 4.69. The van der Waals surface area contributed by atoms with Gasteiger partial charge in [0.1, 0.15) is 0 Å². The minimum Gasteiger partial charge on any atom is -0.351 e. The second-order valence-electron chi connectivity index (χ2n) is 6.87. The molecule has 3 rings (SSSR count). The summed E-state index contributed by atoms with van der Waals surface area (Å²) in [7, 11) is 0. The van der Waals surface area contributed by atoms with Crippen molar-refractivity contribution >= 4 is 11.8 Å². The van der Waals surface area contributed by atoms with Crippen LogP contribution in [0.25, 0.3) is 0 Å². The molecule has 0 radical (unpaired) electrons. The van der Waals surface area contributed by atoms with Crippen molar-refractivity contribution < 1.29 is 9.59 Å². The predicted molar refractivity (Wildman–Crippen MR) is 100 cm³/mol. The van der Waals surface area contributed by atoms with Gasteiger partial charge in [0.05, 0.1) is 5.69 Å². The Morgan fingerprint density at radius 2 is 1.78 bits per heavy atom. The molecule has 8 nitrogen and oxygen atoms in total. The zero-order chi connectivity index (χ0) is 19.2. The molecule has 0 aromatic carbocycles. The minimum absolute atomic E-state index is 0.0965. The van der Waals surface area contributed by atoms with Gasteiger partial charge < -0.3 is 10.2 Å². The zero-order valence-corrected chi connectivity index (χ0v) is 15.9. The summed E-state index contributed by atoms with van der Waals surface area (Å²) in [6, 6.07) is 2.02. The van der Waals surface area contributed by atoms with Crippen molar-refractivity contribution in [2.75, 3.05) is 19.6 Å². The average Bonchev–Trinajstić information content (AvgIpc) is 3.02. The van der Waals surface area contributed by atoms with Crippen LogP contribution in [0, 0.1) is 13.8 Å². The van der Waals surface area contributed by atoms with Gasteiger partial charge in [-0.25, -0.2) is 9.97 Å². The minimum atomic E-state index is -0.364. The molecule has 1 N–H and O–H groups in total. The molecule has 1 aliphatic heterocycles.